The highest BCUT2D eigenvalue weighted by molar-refractivity contribution is 14.1. The molecule has 0 saturated carbocycles. The minimum Gasteiger partial charge on any atom is -0.481 e. The molecule has 62 valence electrons. The van der Waals surface area contributed by atoms with Crippen molar-refractivity contribution in [3.63, 3.8) is 0 Å². The van der Waals surface area contributed by atoms with E-state index in [9.17, 15) is 0 Å². The highest BCUT2D eigenvalue weighted by Gasteiger charge is 2.00. The molecule has 0 fully saturated rings. The molecule has 0 saturated heterocycles. The van der Waals surface area contributed by atoms with Crippen molar-refractivity contribution >= 4 is 33.9 Å². The third-order valence-corrected chi connectivity index (χ3v) is 2.45. The van der Waals surface area contributed by atoms with Gasteiger partial charge >= 0.3 is 0 Å². The Morgan fingerprint density at radius 1 is 1.42 bits per heavy atom. The number of nitrogens with zero attached hydrogens (tertiary/aromatic N) is 2. The molecule has 0 bridgehead atoms. The molecule has 0 aromatic carbocycles. The van der Waals surface area contributed by atoms with E-state index in [1.54, 1.807) is 7.11 Å². The number of aromatic nitrogens is 2. The molecule has 0 aliphatic carbocycles. The van der Waals surface area contributed by atoms with Crippen LogP contribution in [0.1, 0.15) is 0 Å². The number of ether oxygens (including phenoxy) is 1. The molecular formula is C8H7IN2O. The van der Waals surface area contributed by atoms with Crippen LogP contribution in [0, 0.1) is 0 Å². The van der Waals surface area contributed by atoms with E-state index < -0.39 is 0 Å². The van der Waals surface area contributed by atoms with Crippen molar-refractivity contribution in [2.24, 2.45) is 0 Å². The quantitative estimate of drug-likeness (QED) is 0.746. The lowest BCUT2D eigenvalue weighted by Gasteiger charge is -1.98. The van der Waals surface area contributed by atoms with E-state index >= 15 is 0 Å². The van der Waals surface area contributed by atoms with Crippen LogP contribution in [0.3, 0.4) is 0 Å². The first-order valence-corrected chi connectivity index (χ1v) is 4.46. The van der Waals surface area contributed by atoms with Gasteiger partial charge in [-0.2, -0.15) is 4.98 Å². The fraction of sp³-hybridized carbons (Fsp3) is 0.125. The predicted molar refractivity (Wildman–Crippen MR) is 55.7 cm³/mol. The Balaban J connectivity index is 2.71. The molecule has 0 unspecified atom stereocenters. The molecular weight excluding hydrogens is 267 g/mol. The third kappa shape index (κ3) is 1.16. The number of hydrogen-bond donors (Lipinski definition) is 0. The van der Waals surface area contributed by atoms with Gasteiger partial charge in [0.1, 0.15) is 0 Å². The second-order valence-corrected chi connectivity index (χ2v) is 3.43. The summed E-state index contributed by atoms with van der Waals surface area (Å²) >= 11 is 2.18. The van der Waals surface area contributed by atoms with Crippen LogP contribution in [0.4, 0.5) is 0 Å². The van der Waals surface area contributed by atoms with Crippen LogP contribution in [0.25, 0.3) is 11.0 Å². The van der Waals surface area contributed by atoms with Crippen LogP contribution in [0.15, 0.2) is 24.4 Å². The molecule has 2 rings (SSSR count). The fourth-order valence-electron chi connectivity index (χ4n) is 1.07. The van der Waals surface area contributed by atoms with Gasteiger partial charge in [-0.3, -0.25) is 2.78 Å². The largest absolute Gasteiger partial charge is 0.481 e. The number of rotatable bonds is 1. The van der Waals surface area contributed by atoms with Gasteiger partial charge in [-0.1, -0.05) is 0 Å². The number of pyridine rings is 1. The van der Waals surface area contributed by atoms with E-state index in [1.807, 2.05) is 27.2 Å². The van der Waals surface area contributed by atoms with E-state index in [0.29, 0.717) is 5.88 Å². The monoisotopic (exact) mass is 274 g/mol. The molecule has 0 aliphatic heterocycles. The summed E-state index contributed by atoms with van der Waals surface area (Å²) in [5.74, 6) is 0.652. The van der Waals surface area contributed by atoms with Crippen LogP contribution in [-0.4, -0.2) is 14.9 Å². The van der Waals surface area contributed by atoms with Gasteiger partial charge in [0, 0.05) is 17.6 Å². The first kappa shape index (κ1) is 7.85. The third-order valence-electron chi connectivity index (χ3n) is 1.68. The highest BCUT2D eigenvalue weighted by Crippen LogP contribution is 2.18. The Bertz CT molecular complexity index is 410. The lowest BCUT2D eigenvalue weighted by molar-refractivity contribution is 0.399. The summed E-state index contributed by atoms with van der Waals surface area (Å²) in [5, 5.41) is 1.13. The predicted octanol–water partition coefficient (Wildman–Crippen LogP) is 2.24. The lowest BCUT2D eigenvalue weighted by atomic mass is 10.3. The minimum atomic E-state index is 0.652. The zero-order valence-corrected chi connectivity index (χ0v) is 8.65. The topological polar surface area (TPSA) is 27.1 Å². The summed E-state index contributed by atoms with van der Waals surface area (Å²) in [6.07, 6.45) is 1.97. The van der Waals surface area contributed by atoms with Gasteiger partial charge in [0.25, 0.3) is 0 Å². The Morgan fingerprint density at radius 3 is 3.00 bits per heavy atom. The van der Waals surface area contributed by atoms with Crippen molar-refractivity contribution in [2.75, 3.05) is 7.11 Å². The normalized spacial score (nSPS) is 10.5. The molecule has 0 radical (unpaired) electrons. The molecule has 3 nitrogen and oxygen atoms in total. The van der Waals surface area contributed by atoms with Crippen LogP contribution in [0.2, 0.25) is 0 Å². The van der Waals surface area contributed by atoms with Gasteiger partial charge in [-0.05, 0) is 12.1 Å². The summed E-state index contributed by atoms with van der Waals surface area (Å²) in [6, 6.07) is 5.88. The molecule has 0 aliphatic rings. The van der Waals surface area contributed by atoms with E-state index in [4.69, 9.17) is 4.74 Å². The second-order valence-electron chi connectivity index (χ2n) is 2.39. The van der Waals surface area contributed by atoms with E-state index in [2.05, 4.69) is 27.8 Å². The maximum Gasteiger partial charge on any atom is 0.214 e. The molecule has 12 heavy (non-hydrogen) atoms. The van der Waals surface area contributed by atoms with Crippen LogP contribution in [-0.2, 0) is 0 Å². The van der Waals surface area contributed by atoms with Gasteiger partial charge < -0.3 is 4.74 Å². The van der Waals surface area contributed by atoms with Crippen molar-refractivity contribution in [1.82, 2.24) is 7.76 Å². The number of methoxy groups -OCH3 is 1. The van der Waals surface area contributed by atoms with E-state index in [1.165, 1.54) is 0 Å². The standard InChI is InChI=1S/C8H7IN2O/c1-12-7-3-2-6-4-5-11(9)8(6)10-7/h2-5H,1H3. The van der Waals surface area contributed by atoms with Crippen molar-refractivity contribution in [3.05, 3.63) is 24.4 Å². The van der Waals surface area contributed by atoms with Gasteiger partial charge in [-0.25, -0.2) is 0 Å². The van der Waals surface area contributed by atoms with Gasteiger partial charge in [0.05, 0.1) is 30.0 Å². The number of halogens is 1. The SMILES string of the molecule is COc1ccc2ccn(I)c2n1. The van der Waals surface area contributed by atoms with Gasteiger partial charge in [-0.15, -0.1) is 0 Å². The molecule has 0 atom stereocenters. The lowest BCUT2D eigenvalue weighted by Crippen LogP contribution is -1.88. The Labute approximate surface area is 83.8 Å². The summed E-state index contributed by atoms with van der Waals surface area (Å²) < 4.78 is 6.96. The maximum absolute atomic E-state index is 5.02. The second kappa shape index (κ2) is 2.93. The van der Waals surface area contributed by atoms with E-state index in [-0.39, 0.29) is 0 Å². The Kier molecular flexibility index (Phi) is 1.92. The summed E-state index contributed by atoms with van der Waals surface area (Å²) in [5.41, 5.74) is 0.940. The molecule has 2 heterocycles. The first-order valence-electron chi connectivity index (χ1n) is 3.49. The van der Waals surface area contributed by atoms with Crippen LogP contribution >= 0.6 is 22.9 Å². The summed E-state index contributed by atoms with van der Waals surface area (Å²) in [6.45, 7) is 0. The van der Waals surface area contributed by atoms with Crippen LogP contribution in [0.5, 0.6) is 5.88 Å². The molecule has 0 N–H and O–H groups in total. The number of fused-ring (bicyclic) bond motifs is 1. The zero-order valence-electron chi connectivity index (χ0n) is 6.49. The molecule has 0 amide bonds. The smallest absolute Gasteiger partial charge is 0.214 e. The molecule has 2 aromatic heterocycles. The number of hydrogen-bond acceptors (Lipinski definition) is 2. The highest BCUT2D eigenvalue weighted by atomic mass is 127. The minimum absolute atomic E-state index is 0.652. The fourth-order valence-corrected chi connectivity index (χ4v) is 1.62. The summed E-state index contributed by atoms with van der Waals surface area (Å²) in [4.78, 5) is 4.29. The van der Waals surface area contributed by atoms with Crippen molar-refractivity contribution < 1.29 is 4.74 Å². The van der Waals surface area contributed by atoms with Crippen molar-refractivity contribution in [1.29, 1.82) is 0 Å². The molecule has 2 aromatic rings. The van der Waals surface area contributed by atoms with Crippen molar-refractivity contribution in [2.45, 2.75) is 0 Å². The van der Waals surface area contributed by atoms with E-state index in [0.717, 1.165) is 11.0 Å². The van der Waals surface area contributed by atoms with Crippen molar-refractivity contribution in [3.8, 4) is 5.88 Å². The summed E-state index contributed by atoms with van der Waals surface area (Å²) in [7, 11) is 1.62. The average molecular weight is 274 g/mol. The zero-order chi connectivity index (χ0) is 8.55. The van der Waals surface area contributed by atoms with Crippen LogP contribution < -0.4 is 4.74 Å². The molecule has 4 heteroatoms. The maximum atomic E-state index is 5.02. The molecule has 0 spiro atoms. The Morgan fingerprint density at radius 2 is 2.25 bits per heavy atom. The average Bonchev–Trinajstić information content (AvgIpc) is 2.47. The van der Waals surface area contributed by atoms with Gasteiger partial charge in [0.15, 0.2) is 5.65 Å². The first-order chi connectivity index (χ1) is 5.81. The Hall–Kier alpha value is -0.780. The van der Waals surface area contributed by atoms with Gasteiger partial charge in [0.2, 0.25) is 5.88 Å².